The molecule has 0 atom stereocenters. The number of amides is 1. The maximum absolute atomic E-state index is 13.2. The van der Waals surface area contributed by atoms with Gasteiger partial charge in [-0.2, -0.15) is 4.31 Å². The van der Waals surface area contributed by atoms with Gasteiger partial charge in [0.15, 0.2) is 11.5 Å². The Morgan fingerprint density at radius 1 is 1.09 bits per heavy atom. The van der Waals surface area contributed by atoms with Crippen molar-refractivity contribution in [3.8, 4) is 11.5 Å². The molecule has 3 heterocycles. The van der Waals surface area contributed by atoms with Crippen molar-refractivity contribution in [1.29, 1.82) is 0 Å². The summed E-state index contributed by atoms with van der Waals surface area (Å²) in [6.07, 6.45) is 0.759. The fourth-order valence-corrected chi connectivity index (χ4v) is 6.01. The maximum atomic E-state index is 13.2. The summed E-state index contributed by atoms with van der Waals surface area (Å²) in [4.78, 5) is 18.1. The minimum Gasteiger partial charge on any atom is -0.490 e. The Hall–Kier alpha value is -2.14. The van der Waals surface area contributed by atoms with Crippen LogP contribution in [-0.2, 0) is 21.4 Å². The van der Waals surface area contributed by atoms with E-state index in [0.717, 1.165) is 19.5 Å². The van der Waals surface area contributed by atoms with Gasteiger partial charge in [-0.25, -0.2) is 8.42 Å². The van der Waals surface area contributed by atoms with Gasteiger partial charge in [0.1, 0.15) is 0 Å². The molecule has 2 aliphatic rings. The van der Waals surface area contributed by atoms with Gasteiger partial charge in [-0.15, -0.1) is 11.3 Å². The van der Waals surface area contributed by atoms with E-state index in [9.17, 15) is 13.2 Å². The van der Waals surface area contributed by atoms with Gasteiger partial charge in [-0.05, 0) is 30.1 Å². The van der Waals surface area contributed by atoms with E-state index >= 15 is 0 Å². The Morgan fingerprint density at radius 3 is 2.53 bits per heavy atom. The summed E-state index contributed by atoms with van der Waals surface area (Å²) in [6, 6.07) is 8.83. The molecule has 0 radical (unpaired) electrons. The van der Waals surface area contributed by atoms with E-state index in [1.807, 2.05) is 18.4 Å². The van der Waals surface area contributed by atoms with Crippen molar-refractivity contribution >= 4 is 27.3 Å². The summed E-state index contributed by atoms with van der Waals surface area (Å²) < 4.78 is 39.0. The second kappa shape index (κ2) is 10.2. The summed E-state index contributed by atoms with van der Waals surface area (Å²) in [6.45, 7) is 6.29. The van der Waals surface area contributed by atoms with Crippen LogP contribution in [0.2, 0.25) is 0 Å². The lowest BCUT2D eigenvalue weighted by atomic mass is 10.3. The molecule has 32 heavy (non-hydrogen) atoms. The molecule has 0 unspecified atom stereocenters. The van der Waals surface area contributed by atoms with E-state index in [2.05, 4.69) is 11.0 Å². The lowest BCUT2D eigenvalue weighted by molar-refractivity contribution is -0.133. The van der Waals surface area contributed by atoms with Gasteiger partial charge in [0, 0.05) is 50.1 Å². The molecule has 0 spiro atoms. The molecule has 10 heteroatoms. The van der Waals surface area contributed by atoms with Crippen molar-refractivity contribution in [3.63, 3.8) is 0 Å². The number of likely N-dealkylation sites (N-methyl/N-ethyl adjacent to an activating group) is 1. The molecule has 1 aromatic heterocycles. The number of sulfonamides is 1. The van der Waals surface area contributed by atoms with Gasteiger partial charge >= 0.3 is 0 Å². The van der Waals surface area contributed by atoms with E-state index in [0.29, 0.717) is 44.3 Å². The predicted molar refractivity (Wildman–Crippen MR) is 123 cm³/mol. The van der Waals surface area contributed by atoms with E-state index in [1.165, 1.54) is 15.2 Å². The van der Waals surface area contributed by atoms with Crippen LogP contribution in [0.15, 0.2) is 40.6 Å². The summed E-state index contributed by atoms with van der Waals surface area (Å²) in [7, 11) is -3.67. The summed E-state index contributed by atoms with van der Waals surface area (Å²) >= 11 is 1.68. The highest BCUT2D eigenvalue weighted by molar-refractivity contribution is 7.89. The Labute approximate surface area is 193 Å². The van der Waals surface area contributed by atoms with Gasteiger partial charge in [0.25, 0.3) is 0 Å². The van der Waals surface area contributed by atoms with Crippen molar-refractivity contribution in [2.24, 2.45) is 0 Å². The fraction of sp³-hybridized carbons (Fsp3) is 0.500. The largest absolute Gasteiger partial charge is 0.490 e. The van der Waals surface area contributed by atoms with Crippen LogP contribution < -0.4 is 9.47 Å². The highest BCUT2D eigenvalue weighted by Crippen LogP contribution is 2.33. The van der Waals surface area contributed by atoms with Crippen LogP contribution in [0.5, 0.6) is 11.5 Å². The zero-order valence-corrected chi connectivity index (χ0v) is 19.9. The molecule has 1 aromatic carbocycles. The van der Waals surface area contributed by atoms with Crippen molar-refractivity contribution in [2.75, 3.05) is 52.5 Å². The van der Waals surface area contributed by atoms with Gasteiger partial charge in [-0.1, -0.05) is 13.0 Å². The molecule has 0 N–H and O–H groups in total. The average Bonchev–Trinajstić information content (AvgIpc) is 3.20. The van der Waals surface area contributed by atoms with Crippen molar-refractivity contribution < 1.29 is 22.7 Å². The number of carbonyl (C=O) groups excluding carboxylic acids is 1. The lowest BCUT2D eigenvalue weighted by Gasteiger charge is -2.35. The third-order valence-electron chi connectivity index (χ3n) is 5.71. The van der Waals surface area contributed by atoms with Gasteiger partial charge in [0.05, 0.1) is 24.7 Å². The molecule has 174 valence electrons. The Kier molecular flexibility index (Phi) is 7.34. The molecular weight excluding hydrogens is 450 g/mol. The second-order valence-corrected chi connectivity index (χ2v) is 10.8. The predicted octanol–water partition coefficient (Wildman–Crippen LogP) is 2.26. The molecule has 1 fully saturated rings. The first kappa shape index (κ1) is 23.0. The smallest absolute Gasteiger partial charge is 0.243 e. The van der Waals surface area contributed by atoms with Crippen LogP contribution in [0.25, 0.3) is 0 Å². The molecule has 4 rings (SSSR count). The monoisotopic (exact) mass is 479 g/mol. The Balaban J connectivity index is 1.35. The molecule has 2 aromatic rings. The molecule has 8 nitrogen and oxygen atoms in total. The van der Waals surface area contributed by atoms with Crippen molar-refractivity contribution in [2.45, 2.75) is 24.8 Å². The number of hydrogen-bond donors (Lipinski definition) is 0. The Morgan fingerprint density at radius 2 is 1.84 bits per heavy atom. The maximum Gasteiger partial charge on any atom is 0.243 e. The van der Waals surface area contributed by atoms with Crippen LogP contribution in [0.4, 0.5) is 0 Å². The fourth-order valence-electron chi connectivity index (χ4n) is 3.82. The number of rotatable bonds is 7. The van der Waals surface area contributed by atoms with E-state index in [1.54, 1.807) is 28.4 Å². The number of ether oxygens (including phenoxy) is 2. The van der Waals surface area contributed by atoms with Crippen LogP contribution in [-0.4, -0.2) is 80.9 Å². The first-order chi connectivity index (χ1) is 15.5. The van der Waals surface area contributed by atoms with Gasteiger partial charge in [0.2, 0.25) is 15.9 Å². The topological polar surface area (TPSA) is 79.4 Å². The zero-order chi connectivity index (χ0) is 22.6. The molecule has 0 aliphatic carbocycles. The van der Waals surface area contributed by atoms with Crippen LogP contribution in [0.3, 0.4) is 0 Å². The molecule has 1 amide bonds. The highest BCUT2D eigenvalue weighted by atomic mass is 32.2. The number of hydrogen-bond acceptors (Lipinski definition) is 7. The number of benzene rings is 1. The molecule has 0 bridgehead atoms. The van der Waals surface area contributed by atoms with E-state index < -0.39 is 10.0 Å². The number of piperazine rings is 1. The van der Waals surface area contributed by atoms with Gasteiger partial charge < -0.3 is 14.4 Å². The van der Waals surface area contributed by atoms with E-state index in [4.69, 9.17) is 9.47 Å². The highest BCUT2D eigenvalue weighted by Gasteiger charge is 2.31. The summed E-state index contributed by atoms with van der Waals surface area (Å²) in [5, 5.41) is 2.04. The minimum absolute atomic E-state index is 0.0380. The molecule has 2 aliphatic heterocycles. The van der Waals surface area contributed by atoms with Crippen LogP contribution in [0, 0.1) is 0 Å². The SMILES string of the molecule is CCN(CC(=O)N1CCN(S(=O)(=O)c2ccc3c(c2)OCCCO3)CC1)Cc1cccs1. The van der Waals surface area contributed by atoms with E-state index in [-0.39, 0.29) is 23.9 Å². The van der Waals surface area contributed by atoms with Crippen molar-refractivity contribution in [3.05, 3.63) is 40.6 Å². The Bertz CT molecular complexity index is 1020. The van der Waals surface area contributed by atoms with Gasteiger partial charge in [-0.3, -0.25) is 9.69 Å². The number of carbonyl (C=O) groups is 1. The first-order valence-electron chi connectivity index (χ1n) is 10.9. The lowest BCUT2D eigenvalue weighted by Crippen LogP contribution is -2.52. The first-order valence-corrected chi connectivity index (χ1v) is 13.2. The average molecular weight is 480 g/mol. The number of nitrogens with zero attached hydrogens (tertiary/aromatic N) is 3. The van der Waals surface area contributed by atoms with Crippen LogP contribution >= 0.6 is 11.3 Å². The second-order valence-electron chi connectivity index (χ2n) is 7.83. The minimum atomic E-state index is -3.67. The van der Waals surface area contributed by atoms with Crippen molar-refractivity contribution in [1.82, 2.24) is 14.1 Å². The zero-order valence-electron chi connectivity index (χ0n) is 18.2. The molecule has 0 saturated carbocycles. The standard InChI is InChI=1S/C22H29N3O5S2/c1-2-23(16-18-5-3-14-31-18)17-22(26)24-8-10-25(11-9-24)32(27,28)19-6-7-20-21(15-19)30-13-4-12-29-20/h3,5-7,14-15H,2,4,8-13,16-17H2,1H3. The third-order valence-corrected chi connectivity index (χ3v) is 8.47. The molecular formula is C22H29N3O5S2. The summed E-state index contributed by atoms with van der Waals surface area (Å²) in [5.41, 5.74) is 0. The number of thiophene rings is 1. The normalized spacial score (nSPS) is 17.4. The quantitative estimate of drug-likeness (QED) is 0.606. The number of fused-ring (bicyclic) bond motifs is 1. The molecule has 1 saturated heterocycles. The summed E-state index contributed by atoms with van der Waals surface area (Å²) in [5.74, 6) is 1.07. The third kappa shape index (κ3) is 5.25. The van der Waals surface area contributed by atoms with Crippen LogP contribution in [0.1, 0.15) is 18.2 Å².